The van der Waals surface area contributed by atoms with E-state index in [0.29, 0.717) is 5.56 Å². The van der Waals surface area contributed by atoms with Crippen molar-refractivity contribution in [2.75, 3.05) is 0 Å². The fraction of sp³-hybridized carbons (Fsp3) is 0.286. The number of fused-ring (bicyclic) bond motifs is 1. The summed E-state index contributed by atoms with van der Waals surface area (Å²) in [5.41, 5.74) is -0.374. The molecule has 1 N–H and O–H groups in total. The molecule has 18 heavy (non-hydrogen) atoms. The van der Waals surface area contributed by atoms with Crippen molar-refractivity contribution in [3.05, 3.63) is 41.5 Å². The van der Waals surface area contributed by atoms with Crippen LogP contribution in [0.3, 0.4) is 0 Å². The highest BCUT2D eigenvalue weighted by Gasteiger charge is 2.34. The number of halogens is 3. The minimum Gasteiger partial charge on any atom is -0.507 e. The van der Waals surface area contributed by atoms with Crippen molar-refractivity contribution < 1.29 is 18.3 Å². The minimum absolute atomic E-state index is 0.0342. The van der Waals surface area contributed by atoms with Crippen LogP contribution in [0.2, 0.25) is 0 Å². The lowest BCUT2D eigenvalue weighted by Gasteiger charge is -2.16. The smallest absolute Gasteiger partial charge is 0.417 e. The Morgan fingerprint density at radius 1 is 1.06 bits per heavy atom. The molecule has 0 aliphatic heterocycles. The van der Waals surface area contributed by atoms with Crippen LogP contribution in [0.25, 0.3) is 10.8 Å². The van der Waals surface area contributed by atoms with Crippen molar-refractivity contribution in [1.82, 2.24) is 0 Å². The fourth-order valence-electron chi connectivity index (χ4n) is 2.06. The summed E-state index contributed by atoms with van der Waals surface area (Å²) in [7, 11) is 0. The van der Waals surface area contributed by atoms with E-state index in [-0.39, 0.29) is 22.4 Å². The van der Waals surface area contributed by atoms with Crippen molar-refractivity contribution >= 4 is 10.8 Å². The number of phenolic OH excluding ortho intramolecular Hbond substituents is 1. The number of aromatic hydroxyl groups is 1. The van der Waals surface area contributed by atoms with Gasteiger partial charge in [0.15, 0.2) is 0 Å². The topological polar surface area (TPSA) is 20.2 Å². The third kappa shape index (κ3) is 2.03. The first-order valence-corrected chi connectivity index (χ1v) is 5.64. The predicted octanol–water partition coefficient (Wildman–Crippen LogP) is 4.69. The first kappa shape index (κ1) is 12.7. The van der Waals surface area contributed by atoms with Gasteiger partial charge in [-0.2, -0.15) is 13.2 Å². The molecule has 96 valence electrons. The van der Waals surface area contributed by atoms with Gasteiger partial charge < -0.3 is 5.11 Å². The zero-order chi connectivity index (χ0) is 13.5. The largest absolute Gasteiger partial charge is 0.507 e. The Balaban J connectivity index is 2.89. The van der Waals surface area contributed by atoms with E-state index in [1.807, 2.05) is 0 Å². The Morgan fingerprint density at radius 3 is 2.11 bits per heavy atom. The van der Waals surface area contributed by atoms with Gasteiger partial charge in [-0.3, -0.25) is 0 Å². The molecule has 0 spiro atoms. The van der Waals surface area contributed by atoms with E-state index in [1.54, 1.807) is 19.9 Å². The van der Waals surface area contributed by atoms with Gasteiger partial charge in [-0.25, -0.2) is 0 Å². The van der Waals surface area contributed by atoms with Crippen molar-refractivity contribution in [1.29, 1.82) is 0 Å². The standard InChI is InChI=1S/C14H13F3O/c1-8(2)11-7-12(14(15,16)17)9-5-3-4-6-10(9)13(11)18/h3-8,18H,1-2H3. The molecule has 0 saturated carbocycles. The summed E-state index contributed by atoms with van der Waals surface area (Å²) in [6.45, 7) is 3.51. The van der Waals surface area contributed by atoms with Crippen molar-refractivity contribution in [3.8, 4) is 5.75 Å². The van der Waals surface area contributed by atoms with Crippen molar-refractivity contribution in [2.24, 2.45) is 0 Å². The minimum atomic E-state index is -4.42. The van der Waals surface area contributed by atoms with E-state index >= 15 is 0 Å². The summed E-state index contributed by atoms with van der Waals surface area (Å²) >= 11 is 0. The molecule has 2 aromatic rings. The molecule has 0 amide bonds. The summed E-state index contributed by atoms with van der Waals surface area (Å²) in [6.07, 6.45) is -4.42. The number of hydrogen-bond donors (Lipinski definition) is 1. The fourth-order valence-corrected chi connectivity index (χ4v) is 2.06. The van der Waals surface area contributed by atoms with Crippen molar-refractivity contribution in [2.45, 2.75) is 25.9 Å². The van der Waals surface area contributed by atoms with Crippen LogP contribution in [-0.4, -0.2) is 5.11 Å². The maximum absolute atomic E-state index is 13.0. The molecule has 1 nitrogen and oxygen atoms in total. The van der Waals surface area contributed by atoms with Crippen molar-refractivity contribution in [3.63, 3.8) is 0 Å². The molecule has 0 aliphatic carbocycles. The molecular weight excluding hydrogens is 241 g/mol. The number of phenols is 1. The van der Waals surface area contributed by atoms with Crippen LogP contribution in [0.1, 0.15) is 30.9 Å². The second-order valence-electron chi connectivity index (χ2n) is 4.56. The SMILES string of the molecule is CC(C)c1cc(C(F)(F)F)c2ccccc2c1O. The second kappa shape index (κ2) is 4.19. The van der Waals surface area contributed by atoms with Gasteiger partial charge in [0.1, 0.15) is 5.75 Å². The average Bonchev–Trinajstić information content (AvgIpc) is 2.27. The molecule has 0 aromatic heterocycles. The van der Waals surface area contributed by atoms with E-state index in [0.717, 1.165) is 6.07 Å². The second-order valence-corrected chi connectivity index (χ2v) is 4.56. The van der Waals surface area contributed by atoms with Crippen LogP contribution >= 0.6 is 0 Å². The number of rotatable bonds is 1. The van der Waals surface area contributed by atoms with Gasteiger partial charge >= 0.3 is 6.18 Å². The first-order chi connectivity index (χ1) is 8.32. The Morgan fingerprint density at radius 2 is 1.61 bits per heavy atom. The molecule has 0 fully saturated rings. The molecule has 0 unspecified atom stereocenters. The lowest BCUT2D eigenvalue weighted by Crippen LogP contribution is -2.07. The predicted molar refractivity (Wildman–Crippen MR) is 64.7 cm³/mol. The third-order valence-electron chi connectivity index (χ3n) is 2.97. The summed E-state index contributed by atoms with van der Waals surface area (Å²) in [5, 5.41) is 10.3. The molecule has 2 aromatic carbocycles. The molecule has 0 radical (unpaired) electrons. The summed E-state index contributed by atoms with van der Waals surface area (Å²) in [6, 6.07) is 7.08. The lowest BCUT2D eigenvalue weighted by molar-refractivity contribution is -0.136. The van der Waals surface area contributed by atoms with E-state index in [2.05, 4.69) is 0 Å². The van der Waals surface area contributed by atoms with Crippen LogP contribution in [0.5, 0.6) is 5.75 Å². The highest BCUT2D eigenvalue weighted by molar-refractivity contribution is 5.92. The van der Waals surface area contributed by atoms with Gasteiger partial charge in [0.05, 0.1) is 5.56 Å². The summed E-state index contributed by atoms with van der Waals surface area (Å²) in [4.78, 5) is 0. The van der Waals surface area contributed by atoms with Gasteiger partial charge in [0.25, 0.3) is 0 Å². The monoisotopic (exact) mass is 254 g/mol. The van der Waals surface area contributed by atoms with E-state index < -0.39 is 11.7 Å². The molecule has 4 heteroatoms. The Labute approximate surface area is 103 Å². The quantitative estimate of drug-likeness (QED) is 0.782. The molecule has 2 rings (SSSR count). The highest BCUT2D eigenvalue weighted by Crippen LogP contribution is 2.41. The molecular formula is C14H13F3O. The summed E-state index contributed by atoms with van der Waals surface area (Å²) < 4.78 is 39.0. The maximum Gasteiger partial charge on any atom is 0.417 e. The van der Waals surface area contributed by atoms with Gasteiger partial charge in [-0.15, -0.1) is 0 Å². The van der Waals surface area contributed by atoms with Crippen LogP contribution in [-0.2, 0) is 6.18 Å². The Bertz CT molecular complexity index is 585. The van der Waals surface area contributed by atoms with Gasteiger partial charge in [-0.1, -0.05) is 38.1 Å². The highest BCUT2D eigenvalue weighted by atomic mass is 19.4. The van der Waals surface area contributed by atoms with E-state index in [1.165, 1.54) is 18.2 Å². The lowest BCUT2D eigenvalue weighted by atomic mass is 9.93. The molecule has 0 atom stereocenters. The van der Waals surface area contributed by atoms with Crippen LogP contribution in [0.4, 0.5) is 13.2 Å². The normalized spacial score (nSPS) is 12.3. The van der Waals surface area contributed by atoms with E-state index in [9.17, 15) is 18.3 Å². The van der Waals surface area contributed by atoms with Crippen LogP contribution in [0.15, 0.2) is 30.3 Å². The number of benzene rings is 2. The average molecular weight is 254 g/mol. The van der Waals surface area contributed by atoms with Crippen LogP contribution < -0.4 is 0 Å². The molecule has 0 heterocycles. The van der Waals surface area contributed by atoms with Gasteiger partial charge in [-0.05, 0) is 22.9 Å². The summed E-state index contributed by atoms with van der Waals surface area (Å²) in [5.74, 6) is -0.232. The zero-order valence-electron chi connectivity index (χ0n) is 10.0. The molecule has 0 aliphatic rings. The Kier molecular flexibility index (Phi) is 2.97. The number of hydrogen-bond acceptors (Lipinski definition) is 1. The first-order valence-electron chi connectivity index (χ1n) is 5.64. The third-order valence-corrected chi connectivity index (χ3v) is 2.97. The maximum atomic E-state index is 13.0. The molecule has 0 bridgehead atoms. The molecule has 0 saturated heterocycles. The zero-order valence-corrected chi connectivity index (χ0v) is 10.0. The Hall–Kier alpha value is -1.71. The van der Waals surface area contributed by atoms with Gasteiger partial charge in [0.2, 0.25) is 0 Å². The van der Waals surface area contributed by atoms with Crippen LogP contribution in [0, 0.1) is 0 Å². The van der Waals surface area contributed by atoms with Gasteiger partial charge in [0, 0.05) is 5.39 Å². The number of alkyl halides is 3. The van der Waals surface area contributed by atoms with E-state index in [4.69, 9.17) is 0 Å².